The van der Waals surface area contributed by atoms with Crippen molar-refractivity contribution in [1.29, 1.82) is 0 Å². The topological polar surface area (TPSA) is 26.3 Å². The number of rotatable bonds is 5. The molecule has 3 rings (SSSR count). The largest absolute Gasteiger partial charge is 0.462 e. The summed E-state index contributed by atoms with van der Waals surface area (Å²) in [6, 6.07) is 24.6. The van der Waals surface area contributed by atoms with Crippen LogP contribution >= 0.6 is 11.3 Å². The molecule has 2 nitrogen and oxygen atoms in total. The predicted octanol–water partition coefficient (Wildman–Crippen LogP) is 5.11. The van der Waals surface area contributed by atoms with Crippen LogP contribution in [0.4, 0.5) is 0 Å². The minimum atomic E-state index is -0.247. The zero-order valence-corrected chi connectivity index (χ0v) is 13.8. The van der Waals surface area contributed by atoms with Crippen LogP contribution in [0.1, 0.15) is 38.5 Å². The Balaban J connectivity index is 2.01. The van der Waals surface area contributed by atoms with E-state index in [-0.39, 0.29) is 11.9 Å². The minimum Gasteiger partial charge on any atom is -0.462 e. The average molecular weight is 322 g/mol. The third kappa shape index (κ3) is 3.51. The van der Waals surface area contributed by atoms with Gasteiger partial charge in [-0.25, -0.2) is 4.79 Å². The molecule has 1 heterocycles. The summed E-state index contributed by atoms with van der Waals surface area (Å²) in [7, 11) is 0. The molecule has 3 aromatic rings. The van der Waals surface area contributed by atoms with E-state index in [1.165, 1.54) is 22.5 Å². The van der Waals surface area contributed by atoms with Crippen LogP contribution in [0.2, 0.25) is 0 Å². The molecule has 0 radical (unpaired) electrons. The summed E-state index contributed by atoms with van der Waals surface area (Å²) in [5.41, 5.74) is 2.44. The molecular weight excluding hydrogens is 304 g/mol. The first-order valence-corrected chi connectivity index (χ1v) is 8.48. The smallest absolute Gasteiger partial charge is 0.348 e. The molecule has 23 heavy (non-hydrogen) atoms. The van der Waals surface area contributed by atoms with Gasteiger partial charge >= 0.3 is 5.97 Å². The summed E-state index contributed by atoms with van der Waals surface area (Å²) >= 11 is 1.50. The van der Waals surface area contributed by atoms with E-state index >= 15 is 0 Å². The Labute approximate surface area is 140 Å². The van der Waals surface area contributed by atoms with Crippen LogP contribution in [0, 0.1) is 0 Å². The van der Waals surface area contributed by atoms with Gasteiger partial charge in [0.1, 0.15) is 4.88 Å². The molecule has 0 spiro atoms. The number of thiophene rings is 1. The third-order valence-electron chi connectivity index (χ3n) is 3.65. The molecule has 0 aliphatic rings. The molecule has 0 fully saturated rings. The van der Waals surface area contributed by atoms with Crippen LogP contribution in [-0.4, -0.2) is 12.6 Å². The van der Waals surface area contributed by atoms with E-state index in [4.69, 9.17) is 4.74 Å². The van der Waals surface area contributed by atoms with Gasteiger partial charge in [-0.1, -0.05) is 60.7 Å². The van der Waals surface area contributed by atoms with Crippen LogP contribution in [0.3, 0.4) is 0 Å². The lowest BCUT2D eigenvalue weighted by atomic mass is 9.90. The van der Waals surface area contributed by atoms with E-state index in [1.807, 2.05) is 55.5 Å². The summed E-state index contributed by atoms with van der Waals surface area (Å²) in [6.07, 6.45) is 0. The molecule has 0 aliphatic heterocycles. The van der Waals surface area contributed by atoms with Crippen molar-refractivity contribution in [3.8, 4) is 0 Å². The van der Waals surface area contributed by atoms with Crippen LogP contribution in [0.5, 0.6) is 0 Å². The molecule has 0 saturated heterocycles. The molecule has 116 valence electrons. The SMILES string of the molecule is CCOC(=O)c1ccc(C(c2ccccc2)c2ccccc2)s1. The summed E-state index contributed by atoms with van der Waals surface area (Å²) in [6.45, 7) is 2.22. The second kappa shape index (κ2) is 7.25. The molecule has 0 aliphatic carbocycles. The number of ether oxygens (including phenoxy) is 1. The standard InChI is InChI=1S/C20H18O2S/c1-2-22-20(21)18-14-13-17(23-18)19(15-9-5-3-6-10-15)16-11-7-4-8-12-16/h3-14,19H,2H2,1H3. The number of hydrogen-bond acceptors (Lipinski definition) is 3. The Morgan fingerprint density at radius 2 is 1.48 bits per heavy atom. The summed E-state index contributed by atoms with van der Waals surface area (Å²) in [5.74, 6) is -0.116. The predicted molar refractivity (Wildman–Crippen MR) is 94.1 cm³/mol. The molecule has 2 aromatic carbocycles. The third-order valence-corrected chi connectivity index (χ3v) is 4.78. The molecular formula is C20H18O2S. The first kappa shape index (κ1) is 15.5. The zero-order chi connectivity index (χ0) is 16.1. The number of benzene rings is 2. The van der Waals surface area contributed by atoms with Gasteiger partial charge in [0.15, 0.2) is 0 Å². The van der Waals surface area contributed by atoms with E-state index in [9.17, 15) is 4.79 Å². The zero-order valence-electron chi connectivity index (χ0n) is 12.9. The van der Waals surface area contributed by atoms with Crippen molar-refractivity contribution < 1.29 is 9.53 Å². The summed E-state index contributed by atoms with van der Waals surface area (Å²) < 4.78 is 5.10. The van der Waals surface area contributed by atoms with E-state index in [0.717, 1.165) is 4.88 Å². The maximum Gasteiger partial charge on any atom is 0.348 e. The number of esters is 1. The monoisotopic (exact) mass is 322 g/mol. The Bertz CT molecular complexity index is 723. The molecule has 0 unspecified atom stereocenters. The Hall–Kier alpha value is -2.39. The lowest BCUT2D eigenvalue weighted by Gasteiger charge is -2.16. The van der Waals surface area contributed by atoms with Crippen LogP contribution in [-0.2, 0) is 4.74 Å². The van der Waals surface area contributed by atoms with Gasteiger partial charge in [0.2, 0.25) is 0 Å². The van der Waals surface area contributed by atoms with E-state index in [1.54, 1.807) is 0 Å². The lowest BCUT2D eigenvalue weighted by molar-refractivity contribution is 0.0532. The lowest BCUT2D eigenvalue weighted by Crippen LogP contribution is -2.02. The average Bonchev–Trinajstić information content (AvgIpc) is 3.07. The van der Waals surface area contributed by atoms with Crippen molar-refractivity contribution in [2.75, 3.05) is 6.61 Å². The highest BCUT2D eigenvalue weighted by atomic mass is 32.1. The quantitative estimate of drug-likeness (QED) is 0.611. The molecule has 0 N–H and O–H groups in total. The molecule has 1 aromatic heterocycles. The fraction of sp³-hybridized carbons (Fsp3) is 0.150. The molecule has 0 atom stereocenters. The Morgan fingerprint density at radius 3 is 2.00 bits per heavy atom. The van der Waals surface area contributed by atoms with Crippen molar-refractivity contribution in [3.63, 3.8) is 0 Å². The first-order chi connectivity index (χ1) is 11.3. The van der Waals surface area contributed by atoms with Crippen molar-refractivity contribution in [2.45, 2.75) is 12.8 Å². The number of carbonyl (C=O) groups is 1. The van der Waals surface area contributed by atoms with Crippen molar-refractivity contribution in [1.82, 2.24) is 0 Å². The molecule has 0 bridgehead atoms. The van der Waals surface area contributed by atoms with Crippen LogP contribution in [0.15, 0.2) is 72.8 Å². The van der Waals surface area contributed by atoms with Crippen molar-refractivity contribution >= 4 is 17.3 Å². The van der Waals surface area contributed by atoms with Gasteiger partial charge in [0.05, 0.1) is 6.61 Å². The van der Waals surface area contributed by atoms with Gasteiger partial charge in [0, 0.05) is 10.8 Å². The first-order valence-electron chi connectivity index (χ1n) is 7.66. The highest BCUT2D eigenvalue weighted by molar-refractivity contribution is 7.14. The summed E-state index contributed by atoms with van der Waals surface area (Å²) in [5, 5.41) is 0. The van der Waals surface area contributed by atoms with Gasteiger partial charge in [0.25, 0.3) is 0 Å². The number of hydrogen-bond donors (Lipinski definition) is 0. The highest BCUT2D eigenvalue weighted by Gasteiger charge is 2.20. The van der Waals surface area contributed by atoms with Gasteiger partial charge < -0.3 is 4.74 Å². The van der Waals surface area contributed by atoms with Gasteiger partial charge in [-0.3, -0.25) is 0 Å². The Kier molecular flexibility index (Phi) is 4.89. The van der Waals surface area contributed by atoms with Crippen LogP contribution < -0.4 is 0 Å². The maximum absolute atomic E-state index is 11.9. The second-order valence-corrected chi connectivity index (χ2v) is 6.29. The Morgan fingerprint density at radius 1 is 0.913 bits per heavy atom. The van der Waals surface area contributed by atoms with Gasteiger partial charge in [-0.05, 0) is 30.2 Å². The second-order valence-electron chi connectivity index (χ2n) is 5.18. The highest BCUT2D eigenvalue weighted by Crippen LogP contribution is 2.36. The molecule has 3 heteroatoms. The van der Waals surface area contributed by atoms with E-state index in [0.29, 0.717) is 11.5 Å². The van der Waals surface area contributed by atoms with Crippen molar-refractivity contribution in [2.24, 2.45) is 0 Å². The fourth-order valence-electron chi connectivity index (χ4n) is 2.63. The van der Waals surface area contributed by atoms with E-state index in [2.05, 4.69) is 24.3 Å². The number of carbonyl (C=O) groups excluding carboxylic acids is 1. The van der Waals surface area contributed by atoms with Gasteiger partial charge in [-0.2, -0.15) is 0 Å². The maximum atomic E-state index is 11.9. The molecule has 0 saturated carbocycles. The normalized spacial score (nSPS) is 10.7. The fourth-order valence-corrected chi connectivity index (χ4v) is 3.69. The van der Waals surface area contributed by atoms with Gasteiger partial charge in [-0.15, -0.1) is 11.3 Å². The van der Waals surface area contributed by atoms with Crippen molar-refractivity contribution in [3.05, 3.63) is 93.7 Å². The van der Waals surface area contributed by atoms with E-state index < -0.39 is 0 Å². The summed E-state index contributed by atoms with van der Waals surface area (Å²) in [4.78, 5) is 13.7. The molecule has 0 amide bonds. The minimum absolute atomic E-state index is 0.130. The van der Waals surface area contributed by atoms with Crippen LogP contribution in [0.25, 0.3) is 0 Å².